The third kappa shape index (κ3) is 4.67. The average Bonchev–Trinajstić information content (AvgIpc) is 3.22. The van der Waals surface area contributed by atoms with Crippen LogP contribution in [-0.2, 0) is 6.54 Å². The molecule has 0 aliphatic heterocycles. The molecule has 0 unspecified atom stereocenters. The van der Waals surface area contributed by atoms with Crippen molar-refractivity contribution in [1.29, 1.82) is 0 Å². The zero-order chi connectivity index (χ0) is 21.8. The van der Waals surface area contributed by atoms with Crippen LogP contribution < -0.4 is 14.4 Å². The summed E-state index contributed by atoms with van der Waals surface area (Å²) < 4.78 is 12.1. The summed E-state index contributed by atoms with van der Waals surface area (Å²) in [6.45, 7) is 4.30. The Balaban J connectivity index is 1.71. The number of amides is 1. The van der Waals surface area contributed by atoms with Crippen LogP contribution >= 0.6 is 11.3 Å². The molecule has 7 heteroatoms. The van der Waals surface area contributed by atoms with Crippen LogP contribution in [0.3, 0.4) is 0 Å². The molecule has 0 atom stereocenters. The number of rotatable bonds is 7. The van der Waals surface area contributed by atoms with Gasteiger partial charge in [0.05, 0.1) is 24.5 Å². The topological polar surface area (TPSA) is 64.5 Å². The number of aromatic nitrogens is 2. The number of methoxy groups -OCH3 is 1. The van der Waals surface area contributed by atoms with Gasteiger partial charge in [0.25, 0.3) is 5.91 Å². The van der Waals surface area contributed by atoms with Crippen LogP contribution in [0.4, 0.5) is 5.13 Å². The maximum absolute atomic E-state index is 13.5. The van der Waals surface area contributed by atoms with Crippen LogP contribution in [0.1, 0.15) is 29.8 Å². The number of carbonyl (C=O) groups excluding carboxylic acids is 1. The van der Waals surface area contributed by atoms with Crippen LogP contribution in [0.5, 0.6) is 11.5 Å². The Kier molecular flexibility index (Phi) is 6.13. The maximum atomic E-state index is 13.5. The minimum atomic E-state index is -0.141. The average molecular weight is 434 g/mol. The van der Waals surface area contributed by atoms with E-state index in [1.807, 2.05) is 56.3 Å². The Bertz CT molecular complexity index is 1170. The summed E-state index contributed by atoms with van der Waals surface area (Å²) in [7, 11) is 1.62. The van der Waals surface area contributed by atoms with Gasteiger partial charge in [-0.05, 0) is 61.9 Å². The van der Waals surface area contributed by atoms with E-state index in [0.29, 0.717) is 23.0 Å². The molecule has 0 N–H and O–H groups in total. The molecule has 31 heavy (non-hydrogen) atoms. The summed E-state index contributed by atoms with van der Waals surface area (Å²) in [5.74, 6) is 1.28. The number of ether oxygens (including phenoxy) is 2. The molecule has 2 aromatic heterocycles. The summed E-state index contributed by atoms with van der Waals surface area (Å²) in [6, 6.07) is 16.8. The second kappa shape index (κ2) is 9.14. The number of para-hydroxylation sites is 1. The van der Waals surface area contributed by atoms with Crippen molar-refractivity contribution in [3.63, 3.8) is 0 Å². The van der Waals surface area contributed by atoms with Crippen LogP contribution in [0.2, 0.25) is 0 Å². The van der Waals surface area contributed by atoms with E-state index < -0.39 is 0 Å². The van der Waals surface area contributed by atoms with Gasteiger partial charge in [-0.25, -0.2) is 4.98 Å². The fourth-order valence-electron chi connectivity index (χ4n) is 3.20. The van der Waals surface area contributed by atoms with Crippen molar-refractivity contribution < 1.29 is 14.3 Å². The number of pyridine rings is 1. The lowest BCUT2D eigenvalue weighted by Crippen LogP contribution is -2.30. The fraction of sp³-hybridized carbons (Fsp3) is 0.208. The van der Waals surface area contributed by atoms with Crippen LogP contribution in [0, 0.1) is 0 Å². The van der Waals surface area contributed by atoms with Gasteiger partial charge in [-0.2, -0.15) is 0 Å². The lowest BCUT2D eigenvalue weighted by Gasteiger charge is -2.20. The van der Waals surface area contributed by atoms with E-state index in [0.717, 1.165) is 21.5 Å². The number of nitrogens with zero attached hydrogens (tertiary/aromatic N) is 3. The second-order valence-corrected chi connectivity index (χ2v) is 8.26. The van der Waals surface area contributed by atoms with E-state index in [1.165, 1.54) is 11.3 Å². The first-order valence-electron chi connectivity index (χ1n) is 9.96. The van der Waals surface area contributed by atoms with Crippen molar-refractivity contribution in [2.75, 3.05) is 12.0 Å². The number of fused-ring (bicyclic) bond motifs is 1. The van der Waals surface area contributed by atoms with Gasteiger partial charge in [-0.3, -0.25) is 14.7 Å². The van der Waals surface area contributed by atoms with E-state index in [-0.39, 0.29) is 12.0 Å². The van der Waals surface area contributed by atoms with Crippen molar-refractivity contribution >= 4 is 32.6 Å². The molecule has 0 spiro atoms. The number of carbonyl (C=O) groups is 1. The summed E-state index contributed by atoms with van der Waals surface area (Å²) in [5, 5.41) is 0.607. The van der Waals surface area contributed by atoms with Gasteiger partial charge in [0.1, 0.15) is 17.0 Å². The Morgan fingerprint density at radius 1 is 1.10 bits per heavy atom. The number of hydrogen-bond donors (Lipinski definition) is 0. The van der Waals surface area contributed by atoms with Crippen LogP contribution in [-0.4, -0.2) is 29.1 Å². The first-order chi connectivity index (χ1) is 15.0. The highest BCUT2D eigenvalue weighted by atomic mass is 32.1. The molecule has 1 amide bonds. The summed E-state index contributed by atoms with van der Waals surface area (Å²) in [4.78, 5) is 24.1. The highest BCUT2D eigenvalue weighted by Crippen LogP contribution is 2.35. The lowest BCUT2D eigenvalue weighted by atomic mass is 10.1. The molecule has 2 heterocycles. The Labute approximate surface area is 185 Å². The molecule has 0 bridgehead atoms. The number of hydrogen-bond acceptors (Lipinski definition) is 6. The van der Waals surface area contributed by atoms with E-state index >= 15 is 0 Å². The van der Waals surface area contributed by atoms with E-state index in [4.69, 9.17) is 14.5 Å². The first-order valence-corrected chi connectivity index (χ1v) is 10.8. The van der Waals surface area contributed by atoms with E-state index in [1.54, 1.807) is 36.5 Å². The summed E-state index contributed by atoms with van der Waals surface area (Å²) in [5.41, 5.74) is 2.22. The molecule has 2 aromatic carbocycles. The zero-order valence-corrected chi connectivity index (χ0v) is 18.4. The predicted molar refractivity (Wildman–Crippen MR) is 123 cm³/mol. The third-order valence-electron chi connectivity index (χ3n) is 4.60. The molecule has 0 aliphatic rings. The Hall–Kier alpha value is -3.45. The number of anilines is 1. The normalized spacial score (nSPS) is 11.0. The van der Waals surface area contributed by atoms with Crippen molar-refractivity contribution in [2.24, 2.45) is 0 Å². The summed E-state index contributed by atoms with van der Waals surface area (Å²) >= 11 is 1.46. The van der Waals surface area contributed by atoms with Crippen molar-refractivity contribution in [3.05, 3.63) is 78.1 Å². The molecule has 4 rings (SSSR count). The van der Waals surface area contributed by atoms with Gasteiger partial charge in [0.2, 0.25) is 0 Å². The fourth-order valence-corrected chi connectivity index (χ4v) is 4.18. The third-order valence-corrected chi connectivity index (χ3v) is 5.65. The lowest BCUT2D eigenvalue weighted by molar-refractivity contribution is 0.0985. The molecule has 6 nitrogen and oxygen atoms in total. The first kappa shape index (κ1) is 20.8. The summed E-state index contributed by atoms with van der Waals surface area (Å²) in [6.07, 6.45) is 3.54. The monoisotopic (exact) mass is 433 g/mol. The van der Waals surface area contributed by atoms with Gasteiger partial charge in [-0.1, -0.05) is 23.5 Å². The molecule has 158 valence electrons. The number of benzene rings is 2. The molecule has 0 radical (unpaired) electrons. The van der Waals surface area contributed by atoms with E-state index in [9.17, 15) is 4.79 Å². The van der Waals surface area contributed by atoms with Crippen LogP contribution in [0.25, 0.3) is 10.2 Å². The highest BCUT2D eigenvalue weighted by Gasteiger charge is 2.23. The molecular formula is C24H23N3O3S. The van der Waals surface area contributed by atoms with Gasteiger partial charge in [-0.15, -0.1) is 0 Å². The maximum Gasteiger partial charge on any atom is 0.260 e. The van der Waals surface area contributed by atoms with Gasteiger partial charge >= 0.3 is 0 Å². The zero-order valence-electron chi connectivity index (χ0n) is 17.6. The van der Waals surface area contributed by atoms with Crippen molar-refractivity contribution in [1.82, 2.24) is 9.97 Å². The Morgan fingerprint density at radius 2 is 1.90 bits per heavy atom. The van der Waals surface area contributed by atoms with Crippen molar-refractivity contribution in [3.8, 4) is 11.5 Å². The highest BCUT2D eigenvalue weighted by molar-refractivity contribution is 7.22. The molecule has 0 aliphatic carbocycles. The molecule has 0 fully saturated rings. The molecule has 0 saturated heterocycles. The van der Waals surface area contributed by atoms with E-state index in [2.05, 4.69) is 4.98 Å². The Morgan fingerprint density at radius 3 is 2.58 bits per heavy atom. The molecule has 4 aromatic rings. The predicted octanol–water partition coefficient (Wildman–Crippen LogP) is 5.33. The standard InChI is InChI=1S/C24H23N3O3S/c1-16(2)30-19-11-9-18(10-12-19)23(28)27(15-17-6-5-13-25-14-17)24-26-22-20(29-3)7-4-8-21(22)31-24/h4-14,16H,15H2,1-3H3. The second-order valence-electron chi connectivity index (χ2n) is 7.25. The minimum absolute atomic E-state index is 0.0707. The van der Waals surface area contributed by atoms with Gasteiger partial charge < -0.3 is 9.47 Å². The largest absolute Gasteiger partial charge is 0.494 e. The molecule has 0 saturated carbocycles. The quantitative estimate of drug-likeness (QED) is 0.394. The van der Waals surface area contributed by atoms with Crippen molar-refractivity contribution in [2.45, 2.75) is 26.5 Å². The minimum Gasteiger partial charge on any atom is -0.494 e. The van der Waals surface area contributed by atoms with Gasteiger partial charge in [0.15, 0.2) is 5.13 Å². The van der Waals surface area contributed by atoms with Crippen LogP contribution in [0.15, 0.2) is 67.0 Å². The smallest absolute Gasteiger partial charge is 0.260 e. The number of thiazole rings is 1. The molecular weight excluding hydrogens is 410 g/mol. The SMILES string of the molecule is COc1cccc2sc(N(Cc3cccnc3)C(=O)c3ccc(OC(C)C)cc3)nc12. The van der Waals surface area contributed by atoms with Gasteiger partial charge in [0, 0.05) is 18.0 Å².